The predicted octanol–water partition coefficient (Wildman–Crippen LogP) is -3.31. The summed E-state index contributed by atoms with van der Waals surface area (Å²) in [5.74, 6) is 0. The van der Waals surface area contributed by atoms with E-state index in [0.717, 1.165) is 0 Å². The standard InChI is InChI=1S/C8H20NO4.BrH/c1-3-9(4-2,12-7-5-10)13-8-6-11;/h10-11H,3-8H2,1-2H3;1H/q+1;/p-1. The van der Waals surface area contributed by atoms with Crippen LogP contribution < -0.4 is 17.0 Å². The van der Waals surface area contributed by atoms with E-state index in [1.54, 1.807) is 0 Å². The molecule has 0 bridgehead atoms. The first-order chi connectivity index (χ1) is 6.24. The Morgan fingerprint density at radius 2 is 1.29 bits per heavy atom. The Morgan fingerprint density at radius 1 is 0.929 bits per heavy atom. The highest BCUT2D eigenvalue weighted by Crippen LogP contribution is 2.08. The zero-order chi connectivity index (χ0) is 10.2. The summed E-state index contributed by atoms with van der Waals surface area (Å²) in [4.78, 5) is 10.7. The number of hydrogen-bond donors (Lipinski definition) is 2. The van der Waals surface area contributed by atoms with Gasteiger partial charge in [-0.1, -0.05) is 0 Å². The smallest absolute Gasteiger partial charge is 0.139 e. The predicted molar refractivity (Wildman–Crippen MR) is 47.4 cm³/mol. The molecule has 0 spiro atoms. The number of hydrogen-bond acceptors (Lipinski definition) is 4. The lowest BCUT2D eigenvalue weighted by molar-refractivity contribution is -1.24. The lowest BCUT2D eigenvalue weighted by atomic mass is 10.6. The lowest BCUT2D eigenvalue weighted by Crippen LogP contribution is -3.00. The van der Waals surface area contributed by atoms with Crippen LogP contribution in [0.25, 0.3) is 0 Å². The molecule has 0 unspecified atom stereocenters. The monoisotopic (exact) mass is 273 g/mol. The molecule has 0 aromatic rings. The summed E-state index contributed by atoms with van der Waals surface area (Å²) >= 11 is 0. The molecule has 0 rings (SSSR count). The maximum absolute atomic E-state index is 8.61. The van der Waals surface area contributed by atoms with Gasteiger partial charge in [-0.25, -0.2) is 0 Å². The number of rotatable bonds is 8. The average Bonchev–Trinajstić information content (AvgIpc) is 2.20. The molecule has 14 heavy (non-hydrogen) atoms. The summed E-state index contributed by atoms with van der Waals surface area (Å²) in [6.45, 7) is 5.59. The average molecular weight is 274 g/mol. The summed E-state index contributed by atoms with van der Waals surface area (Å²) in [5, 5.41) is 17.2. The molecule has 0 atom stereocenters. The van der Waals surface area contributed by atoms with Crippen molar-refractivity contribution in [1.82, 2.24) is 0 Å². The van der Waals surface area contributed by atoms with Crippen molar-refractivity contribution < 1.29 is 41.7 Å². The van der Waals surface area contributed by atoms with Crippen molar-refractivity contribution in [3.63, 3.8) is 0 Å². The number of quaternary nitrogens is 1. The Bertz CT molecular complexity index is 112. The molecular weight excluding hydrogens is 254 g/mol. The quantitative estimate of drug-likeness (QED) is 0.359. The minimum atomic E-state index is -0.0253. The lowest BCUT2D eigenvalue weighted by Gasteiger charge is -2.29. The molecule has 5 nitrogen and oxygen atoms in total. The fourth-order valence-corrected chi connectivity index (χ4v) is 1.04. The Kier molecular flexibility index (Phi) is 11.7. The summed E-state index contributed by atoms with van der Waals surface area (Å²) in [6, 6.07) is 0. The second-order valence-corrected chi connectivity index (χ2v) is 2.56. The molecule has 0 aromatic heterocycles. The second kappa shape index (κ2) is 9.82. The van der Waals surface area contributed by atoms with Crippen molar-refractivity contribution in [1.29, 1.82) is 0 Å². The van der Waals surface area contributed by atoms with Gasteiger partial charge >= 0.3 is 0 Å². The Balaban J connectivity index is 0. The van der Waals surface area contributed by atoms with Crippen LogP contribution in [0.15, 0.2) is 0 Å². The SMILES string of the molecule is CC[N+](CC)(OCCO)OCCO.[Br-]. The Morgan fingerprint density at radius 3 is 1.50 bits per heavy atom. The van der Waals surface area contributed by atoms with Gasteiger partial charge in [-0.2, -0.15) is 9.68 Å². The molecule has 88 valence electrons. The van der Waals surface area contributed by atoms with Gasteiger partial charge in [0.05, 0.1) is 13.2 Å². The van der Waals surface area contributed by atoms with Crippen LogP contribution in [-0.2, 0) is 9.68 Å². The summed E-state index contributed by atoms with van der Waals surface area (Å²) in [5.41, 5.74) is 0. The zero-order valence-corrected chi connectivity index (χ0v) is 10.4. The van der Waals surface area contributed by atoms with E-state index in [9.17, 15) is 0 Å². The van der Waals surface area contributed by atoms with Gasteiger partial charge in [-0.3, -0.25) is 0 Å². The van der Waals surface area contributed by atoms with Crippen LogP contribution in [0.1, 0.15) is 13.8 Å². The van der Waals surface area contributed by atoms with Crippen LogP contribution in [0.5, 0.6) is 0 Å². The van der Waals surface area contributed by atoms with Gasteiger partial charge in [-0.15, -0.1) is 0 Å². The third kappa shape index (κ3) is 5.90. The van der Waals surface area contributed by atoms with E-state index in [1.165, 1.54) is 0 Å². The summed E-state index contributed by atoms with van der Waals surface area (Å²) < 4.78 is 0. The number of aliphatic hydroxyl groups is 2. The van der Waals surface area contributed by atoms with E-state index >= 15 is 0 Å². The van der Waals surface area contributed by atoms with E-state index in [2.05, 4.69) is 0 Å². The van der Waals surface area contributed by atoms with Crippen LogP contribution >= 0.6 is 0 Å². The third-order valence-corrected chi connectivity index (χ3v) is 1.80. The van der Waals surface area contributed by atoms with Gasteiger partial charge in [-0.05, 0) is 18.7 Å². The first-order valence-electron chi connectivity index (χ1n) is 4.62. The van der Waals surface area contributed by atoms with Gasteiger partial charge < -0.3 is 27.2 Å². The van der Waals surface area contributed by atoms with E-state index in [4.69, 9.17) is 19.9 Å². The van der Waals surface area contributed by atoms with Gasteiger partial charge in [0, 0.05) is 0 Å². The molecule has 0 amide bonds. The number of halogens is 1. The van der Waals surface area contributed by atoms with Crippen molar-refractivity contribution in [3.05, 3.63) is 0 Å². The Labute approximate surface area is 95.5 Å². The van der Waals surface area contributed by atoms with Crippen LogP contribution in [0, 0.1) is 0 Å². The minimum absolute atomic E-state index is 0. The molecule has 6 heteroatoms. The normalized spacial score (nSPS) is 11.1. The molecular formula is C8H20BrNO4. The van der Waals surface area contributed by atoms with Crippen molar-refractivity contribution in [2.24, 2.45) is 0 Å². The fourth-order valence-electron chi connectivity index (χ4n) is 1.04. The number of hydroxylamine groups is 4. The zero-order valence-electron chi connectivity index (χ0n) is 8.78. The molecule has 0 saturated heterocycles. The second-order valence-electron chi connectivity index (χ2n) is 2.56. The third-order valence-electron chi connectivity index (χ3n) is 1.80. The first kappa shape index (κ1) is 16.7. The van der Waals surface area contributed by atoms with Crippen LogP contribution in [-0.4, -0.2) is 54.5 Å². The van der Waals surface area contributed by atoms with Gasteiger partial charge in [0.15, 0.2) is 0 Å². The Hall–Kier alpha value is 0.280. The minimum Gasteiger partial charge on any atom is -1.00 e. The van der Waals surface area contributed by atoms with Crippen molar-refractivity contribution in [3.8, 4) is 0 Å². The summed E-state index contributed by atoms with van der Waals surface area (Å²) in [7, 11) is 0. The van der Waals surface area contributed by atoms with Crippen LogP contribution in [0.3, 0.4) is 0 Å². The van der Waals surface area contributed by atoms with Crippen molar-refractivity contribution in [2.45, 2.75) is 13.8 Å². The van der Waals surface area contributed by atoms with E-state index in [1.807, 2.05) is 13.8 Å². The molecule has 0 heterocycles. The molecule has 0 aliphatic heterocycles. The van der Waals surface area contributed by atoms with Gasteiger partial charge in [0.25, 0.3) is 0 Å². The van der Waals surface area contributed by atoms with Gasteiger partial charge in [0.1, 0.15) is 26.3 Å². The highest BCUT2D eigenvalue weighted by molar-refractivity contribution is 4.20. The molecule has 0 radical (unpaired) electrons. The largest absolute Gasteiger partial charge is 1.00 e. The molecule has 0 fully saturated rings. The fraction of sp³-hybridized carbons (Fsp3) is 1.00. The van der Waals surface area contributed by atoms with Crippen molar-refractivity contribution in [2.75, 3.05) is 39.5 Å². The maximum Gasteiger partial charge on any atom is 0.139 e. The highest BCUT2D eigenvalue weighted by Gasteiger charge is 2.27. The maximum atomic E-state index is 8.61. The van der Waals surface area contributed by atoms with Crippen LogP contribution in [0.2, 0.25) is 0 Å². The van der Waals surface area contributed by atoms with E-state index < -0.39 is 0 Å². The van der Waals surface area contributed by atoms with Crippen molar-refractivity contribution >= 4 is 0 Å². The molecule has 0 aliphatic rings. The number of aliphatic hydroxyl groups excluding tert-OH is 2. The first-order valence-corrected chi connectivity index (χ1v) is 4.62. The van der Waals surface area contributed by atoms with E-state index in [0.29, 0.717) is 13.1 Å². The summed E-state index contributed by atoms with van der Waals surface area (Å²) in [6.07, 6.45) is 0. The highest BCUT2D eigenvalue weighted by atomic mass is 79.9. The van der Waals surface area contributed by atoms with Crippen LogP contribution in [0.4, 0.5) is 0 Å². The molecule has 0 saturated carbocycles. The number of nitrogens with zero attached hydrogens (tertiary/aromatic N) is 1. The topological polar surface area (TPSA) is 58.9 Å². The molecule has 2 N–H and O–H groups in total. The van der Waals surface area contributed by atoms with Gasteiger partial charge in [0.2, 0.25) is 0 Å². The molecule has 0 aliphatic carbocycles. The molecule has 0 aromatic carbocycles. The van der Waals surface area contributed by atoms with E-state index in [-0.39, 0.29) is 48.2 Å².